The van der Waals surface area contributed by atoms with E-state index in [1.165, 1.54) is 29.0 Å². The molecule has 150 valence electrons. The second-order valence-corrected chi connectivity index (χ2v) is 8.92. The Morgan fingerprint density at radius 3 is 2.69 bits per heavy atom. The molecule has 5 heterocycles. The number of nitrogens with two attached hydrogens (primary N) is 1. The van der Waals surface area contributed by atoms with Crippen LogP contribution in [-0.2, 0) is 6.42 Å². The lowest BCUT2D eigenvalue weighted by Crippen LogP contribution is -2.53. The average Bonchev–Trinajstić information content (AvgIpc) is 3.04. The van der Waals surface area contributed by atoms with Gasteiger partial charge in [-0.1, -0.05) is 18.6 Å². The Morgan fingerprint density at radius 2 is 1.97 bits per heavy atom. The first-order valence-corrected chi connectivity index (χ1v) is 10.9. The molecule has 2 atom stereocenters. The predicted molar refractivity (Wildman–Crippen MR) is 119 cm³/mol. The SMILES string of the molecule is Cc1ccc2c(N)c(C(=O)NCCc3ccc(N4CC5CC(C4)[N-]5)cc3)sc2n1. The third-order valence-electron chi connectivity index (χ3n) is 5.77. The van der Waals surface area contributed by atoms with E-state index in [2.05, 4.69) is 44.8 Å². The first-order valence-electron chi connectivity index (χ1n) is 10.0. The van der Waals surface area contributed by atoms with Crippen LogP contribution in [-0.4, -0.2) is 42.6 Å². The zero-order valence-corrected chi connectivity index (χ0v) is 17.2. The van der Waals surface area contributed by atoms with Crippen LogP contribution in [0.5, 0.6) is 0 Å². The number of piperazine rings is 1. The zero-order chi connectivity index (χ0) is 20.0. The first-order chi connectivity index (χ1) is 14.1. The third-order valence-corrected chi connectivity index (χ3v) is 6.88. The quantitative estimate of drug-likeness (QED) is 0.679. The zero-order valence-electron chi connectivity index (χ0n) is 16.4. The van der Waals surface area contributed by atoms with Gasteiger partial charge in [-0.2, -0.15) is 0 Å². The van der Waals surface area contributed by atoms with Crippen LogP contribution in [0.1, 0.15) is 27.3 Å². The van der Waals surface area contributed by atoms with Crippen molar-refractivity contribution in [3.63, 3.8) is 0 Å². The summed E-state index contributed by atoms with van der Waals surface area (Å²) in [6.07, 6.45) is 2.04. The first kappa shape index (κ1) is 18.4. The number of piperidine rings is 1. The van der Waals surface area contributed by atoms with Crippen molar-refractivity contribution < 1.29 is 4.79 Å². The molecule has 3 aliphatic rings. The molecular weight excluding hydrogens is 382 g/mol. The maximum atomic E-state index is 12.6. The largest absolute Gasteiger partial charge is 0.654 e. The number of rotatable bonds is 5. The number of carbonyl (C=O) groups is 1. The molecule has 6 rings (SSSR count). The lowest BCUT2D eigenvalue weighted by Gasteiger charge is -2.61. The van der Waals surface area contributed by atoms with Crippen molar-refractivity contribution in [2.75, 3.05) is 30.3 Å². The summed E-state index contributed by atoms with van der Waals surface area (Å²) >= 11 is 1.35. The van der Waals surface area contributed by atoms with Crippen LogP contribution in [0.2, 0.25) is 0 Å². The van der Waals surface area contributed by atoms with E-state index in [9.17, 15) is 4.79 Å². The van der Waals surface area contributed by atoms with E-state index in [0.29, 0.717) is 29.2 Å². The third kappa shape index (κ3) is 3.56. The van der Waals surface area contributed by atoms with E-state index in [-0.39, 0.29) is 5.91 Å². The second-order valence-electron chi connectivity index (χ2n) is 7.92. The van der Waals surface area contributed by atoms with Crippen molar-refractivity contribution in [2.24, 2.45) is 0 Å². The van der Waals surface area contributed by atoms with E-state index in [1.807, 2.05) is 19.1 Å². The molecule has 3 N–H and O–H groups in total. The maximum Gasteiger partial charge on any atom is 0.263 e. The molecule has 3 aliphatic heterocycles. The van der Waals surface area contributed by atoms with E-state index < -0.39 is 0 Å². The normalized spacial score (nSPS) is 20.5. The lowest BCUT2D eigenvalue weighted by atomic mass is 9.91. The summed E-state index contributed by atoms with van der Waals surface area (Å²) in [7, 11) is 0. The molecule has 29 heavy (non-hydrogen) atoms. The number of amides is 1. The molecule has 1 aromatic carbocycles. The highest BCUT2D eigenvalue weighted by Crippen LogP contribution is 2.36. The fourth-order valence-electron chi connectivity index (χ4n) is 4.17. The molecule has 3 saturated heterocycles. The summed E-state index contributed by atoms with van der Waals surface area (Å²) in [6, 6.07) is 13.6. The van der Waals surface area contributed by atoms with Crippen molar-refractivity contribution in [1.82, 2.24) is 10.3 Å². The Hall–Kier alpha value is -2.64. The Kier molecular flexibility index (Phi) is 4.64. The number of thiophene rings is 1. The lowest BCUT2D eigenvalue weighted by molar-refractivity contribution is 0.0959. The van der Waals surface area contributed by atoms with E-state index in [4.69, 9.17) is 5.73 Å². The van der Waals surface area contributed by atoms with Crippen LogP contribution in [0.3, 0.4) is 0 Å². The average molecular weight is 407 g/mol. The standard InChI is InChI=1S/C22H24N5OS/c1-13-2-7-18-19(23)20(29-22(18)25-13)21(28)24-9-8-14-3-5-17(6-4-14)27-11-15-10-16(12-27)26-15/h2-7,15-16H,8-12,23H2,1H3,(H,24,28)/q-1. The van der Waals surface area contributed by atoms with Crippen LogP contribution >= 0.6 is 11.3 Å². The summed E-state index contributed by atoms with van der Waals surface area (Å²) in [5, 5.41) is 8.48. The van der Waals surface area contributed by atoms with Crippen LogP contribution < -0.4 is 16.0 Å². The molecule has 0 radical (unpaired) electrons. The Morgan fingerprint density at radius 1 is 1.24 bits per heavy atom. The van der Waals surface area contributed by atoms with E-state index >= 15 is 0 Å². The maximum absolute atomic E-state index is 12.6. The number of anilines is 2. The summed E-state index contributed by atoms with van der Waals surface area (Å²) in [5.41, 5.74) is 10.1. The summed E-state index contributed by atoms with van der Waals surface area (Å²) in [5.74, 6) is -0.129. The summed E-state index contributed by atoms with van der Waals surface area (Å²) < 4.78 is 0. The van der Waals surface area contributed by atoms with E-state index in [1.54, 1.807) is 0 Å². The minimum atomic E-state index is -0.129. The smallest absolute Gasteiger partial charge is 0.263 e. The van der Waals surface area contributed by atoms with Crippen LogP contribution in [0.4, 0.5) is 11.4 Å². The van der Waals surface area contributed by atoms with Gasteiger partial charge in [0.2, 0.25) is 0 Å². The van der Waals surface area contributed by atoms with Crippen molar-refractivity contribution in [2.45, 2.75) is 31.8 Å². The number of nitrogen functional groups attached to an aromatic ring is 1. The molecule has 3 fully saturated rings. The van der Waals surface area contributed by atoms with Gasteiger partial charge in [0.1, 0.15) is 9.71 Å². The number of aromatic nitrogens is 1. The van der Waals surface area contributed by atoms with Gasteiger partial charge in [0.05, 0.1) is 5.69 Å². The van der Waals surface area contributed by atoms with Gasteiger partial charge in [-0.25, -0.2) is 4.98 Å². The molecule has 1 amide bonds. The number of benzene rings is 1. The fourth-order valence-corrected chi connectivity index (χ4v) is 5.22. The molecule has 3 aromatic rings. The van der Waals surface area contributed by atoms with Gasteiger partial charge in [-0.15, -0.1) is 23.4 Å². The number of hydrogen-bond acceptors (Lipinski definition) is 5. The summed E-state index contributed by atoms with van der Waals surface area (Å²) in [4.78, 5) is 20.8. The van der Waals surface area contributed by atoms with Crippen LogP contribution in [0, 0.1) is 6.92 Å². The monoisotopic (exact) mass is 406 g/mol. The highest BCUT2D eigenvalue weighted by molar-refractivity contribution is 7.21. The van der Waals surface area contributed by atoms with Gasteiger partial charge in [0.25, 0.3) is 5.91 Å². The van der Waals surface area contributed by atoms with Crippen LogP contribution in [0.15, 0.2) is 36.4 Å². The van der Waals surface area contributed by atoms with Gasteiger partial charge < -0.3 is 21.3 Å². The minimum absolute atomic E-state index is 0.129. The Labute approximate surface area is 174 Å². The molecule has 7 heteroatoms. The number of carbonyl (C=O) groups excluding carboxylic acids is 1. The van der Waals surface area contributed by atoms with Gasteiger partial charge in [-0.3, -0.25) is 4.79 Å². The van der Waals surface area contributed by atoms with Crippen molar-refractivity contribution in [1.29, 1.82) is 0 Å². The van der Waals surface area contributed by atoms with Gasteiger partial charge in [-0.05, 0) is 43.2 Å². The topological polar surface area (TPSA) is 85.4 Å². The van der Waals surface area contributed by atoms with E-state index in [0.717, 1.165) is 35.4 Å². The number of fused-ring (bicyclic) bond motifs is 3. The second kappa shape index (κ2) is 7.31. The number of nitrogens with one attached hydrogen (secondary N) is 1. The molecule has 2 unspecified atom stereocenters. The summed E-state index contributed by atoms with van der Waals surface area (Å²) in [6.45, 7) is 4.59. The number of nitrogens with zero attached hydrogens (tertiary/aromatic N) is 3. The number of pyridine rings is 1. The number of aryl methyl sites for hydroxylation is 1. The van der Waals surface area contributed by atoms with Crippen LogP contribution in [0.25, 0.3) is 15.5 Å². The van der Waals surface area contributed by atoms with Crippen molar-refractivity contribution >= 4 is 38.8 Å². The molecular formula is C22H24N5OS-. The fraction of sp³-hybridized carbons (Fsp3) is 0.364. The Bertz CT molecular complexity index is 1040. The highest BCUT2D eigenvalue weighted by atomic mass is 32.1. The molecule has 2 aromatic heterocycles. The Balaban J connectivity index is 1.18. The molecule has 2 bridgehead atoms. The molecule has 0 spiro atoms. The molecule has 0 aliphatic carbocycles. The predicted octanol–water partition coefficient (Wildman–Crippen LogP) is 3.49. The number of hydrogen-bond donors (Lipinski definition) is 2. The van der Waals surface area contributed by atoms with Gasteiger partial charge in [0.15, 0.2) is 0 Å². The molecule has 0 saturated carbocycles. The van der Waals surface area contributed by atoms with Gasteiger partial charge in [0, 0.05) is 36.4 Å². The van der Waals surface area contributed by atoms with Crippen molar-refractivity contribution in [3.05, 3.63) is 57.8 Å². The van der Waals surface area contributed by atoms with Gasteiger partial charge >= 0.3 is 0 Å². The molecule has 6 nitrogen and oxygen atoms in total. The highest BCUT2D eigenvalue weighted by Gasteiger charge is 2.26. The van der Waals surface area contributed by atoms with Crippen molar-refractivity contribution in [3.8, 4) is 0 Å². The minimum Gasteiger partial charge on any atom is -0.654 e.